The summed E-state index contributed by atoms with van der Waals surface area (Å²) < 4.78 is 11.6. The molecule has 3 rings (SSSR count). The van der Waals surface area contributed by atoms with Gasteiger partial charge in [0.15, 0.2) is 0 Å². The van der Waals surface area contributed by atoms with Crippen LogP contribution in [0.25, 0.3) is 0 Å². The lowest BCUT2D eigenvalue weighted by Gasteiger charge is -2.07. The van der Waals surface area contributed by atoms with Gasteiger partial charge < -0.3 is 9.47 Å². The number of rotatable bonds is 6. The number of benzene rings is 2. The van der Waals surface area contributed by atoms with E-state index in [-0.39, 0.29) is 17.3 Å². The maximum atomic E-state index is 12.5. The molecule has 0 aliphatic rings. The highest BCUT2D eigenvalue weighted by Crippen LogP contribution is 2.22. The average Bonchev–Trinajstić information content (AvgIpc) is 2.99. The van der Waals surface area contributed by atoms with Crippen LogP contribution in [0.2, 0.25) is 5.15 Å². The number of esters is 2. The Morgan fingerprint density at radius 2 is 1.75 bits per heavy atom. The van der Waals surface area contributed by atoms with E-state index in [0.29, 0.717) is 23.4 Å². The standard InChI is InChI=1S/C21H19ClN2O4/c1-14-18(19(22)24(23-14)12-15-7-4-3-5-8-15)21(26)28-13-16-9-6-10-17(11-16)20(25)27-2/h3-11H,12-13H2,1-2H3. The van der Waals surface area contributed by atoms with Gasteiger partial charge in [0.25, 0.3) is 0 Å². The minimum Gasteiger partial charge on any atom is -0.465 e. The first-order valence-corrected chi connectivity index (χ1v) is 8.98. The van der Waals surface area contributed by atoms with Crippen LogP contribution in [0.4, 0.5) is 0 Å². The van der Waals surface area contributed by atoms with Crippen molar-refractivity contribution in [3.8, 4) is 0 Å². The predicted molar refractivity (Wildman–Crippen MR) is 104 cm³/mol. The summed E-state index contributed by atoms with van der Waals surface area (Å²) in [7, 11) is 1.31. The zero-order valence-corrected chi connectivity index (χ0v) is 16.3. The van der Waals surface area contributed by atoms with Gasteiger partial charge in [-0.05, 0) is 30.2 Å². The zero-order chi connectivity index (χ0) is 20.1. The topological polar surface area (TPSA) is 70.4 Å². The predicted octanol–water partition coefficient (Wildman–Crippen LogP) is 4.04. The Kier molecular flexibility index (Phi) is 6.11. The third kappa shape index (κ3) is 4.40. The lowest BCUT2D eigenvalue weighted by molar-refractivity contribution is 0.0472. The Hall–Kier alpha value is -3.12. The molecule has 1 aromatic heterocycles. The summed E-state index contributed by atoms with van der Waals surface area (Å²) in [5.41, 5.74) is 2.81. The van der Waals surface area contributed by atoms with Gasteiger partial charge in [0.1, 0.15) is 17.3 Å². The summed E-state index contributed by atoms with van der Waals surface area (Å²) in [6.45, 7) is 2.17. The molecule has 2 aromatic carbocycles. The molecule has 0 fully saturated rings. The van der Waals surface area contributed by atoms with Gasteiger partial charge in [-0.3, -0.25) is 0 Å². The minimum atomic E-state index is -0.565. The molecule has 7 heteroatoms. The van der Waals surface area contributed by atoms with E-state index in [4.69, 9.17) is 21.1 Å². The Labute approximate surface area is 167 Å². The molecular weight excluding hydrogens is 380 g/mol. The van der Waals surface area contributed by atoms with Crippen molar-refractivity contribution in [1.29, 1.82) is 0 Å². The van der Waals surface area contributed by atoms with Crippen molar-refractivity contribution in [3.05, 3.63) is 87.7 Å². The monoisotopic (exact) mass is 398 g/mol. The van der Waals surface area contributed by atoms with Crippen LogP contribution in [0.15, 0.2) is 54.6 Å². The number of nitrogens with zero attached hydrogens (tertiary/aromatic N) is 2. The molecule has 0 N–H and O–H groups in total. The number of methoxy groups -OCH3 is 1. The highest BCUT2D eigenvalue weighted by Gasteiger charge is 2.22. The molecule has 1 heterocycles. The number of ether oxygens (including phenoxy) is 2. The highest BCUT2D eigenvalue weighted by atomic mass is 35.5. The van der Waals surface area contributed by atoms with Crippen LogP contribution >= 0.6 is 11.6 Å². The Balaban J connectivity index is 1.72. The van der Waals surface area contributed by atoms with Crippen molar-refractivity contribution < 1.29 is 19.1 Å². The molecule has 3 aromatic rings. The third-order valence-electron chi connectivity index (χ3n) is 4.16. The second-order valence-corrected chi connectivity index (χ2v) is 6.52. The fourth-order valence-electron chi connectivity index (χ4n) is 2.77. The van der Waals surface area contributed by atoms with E-state index < -0.39 is 11.9 Å². The van der Waals surface area contributed by atoms with Crippen molar-refractivity contribution in [2.24, 2.45) is 0 Å². The number of hydrogen-bond donors (Lipinski definition) is 0. The fourth-order valence-corrected chi connectivity index (χ4v) is 3.08. The van der Waals surface area contributed by atoms with Crippen molar-refractivity contribution in [3.63, 3.8) is 0 Å². The first-order chi connectivity index (χ1) is 13.5. The van der Waals surface area contributed by atoms with Crippen LogP contribution < -0.4 is 0 Å². The quantitative estimate of drug-likeness (QED) is 0.586. The first kappa shape index (κ1) is 19.6. The number of hydrogen-bond acceptors (Lipinski definition) is 5. The molecule has 0 aliphatic carbocycles. The van der Waals surface area contributed by atoms with Gasteiger partial charge in [-0.25, -0.2) is 14.3 Å². The molecule has 0 amide bonds. The Morgan fingerprint density at radius 3 is 2.46 bits per heavy atom. The Bertz CT molecular complexity index is 999. The maximum Gasteiger partial charge on any atom is 0.343 e. The number of aromatic nitrogens is 2. The van der Waals surface area contributed by atoms with Gasteiger partial charge in [-0.15, -0.1) is 0 Å². The second-order valence-electron chi connectivity index (χ2n) is 6.16. The highest BCUT2D eigenvalue weighted by molar-refractivity contribution is 6.32. The van der Waals surface area contributed by atoms with Crippen molar-refractivity contribution in [2.45, 2.75) is 20.1 Å². The van der Waals surface area contributed by atoms with Crippen molar-refractivity contribution >= 4 is 23.5 Å². The van der Waals surface area contributed by atoms with Crippen molar-refractivity contribution in [1.82, 2.24) is 9.78 Å². The van der Waals surface area contributed by atoms with E-state index >= 15 is 0 Å². The van der Waals surface area contributed by atoms with Gasteiger partial charge in [0.05, 0.1) is 24.9 Å². The van der Waals surface area contributed by atoms with Gasteiger partial charge in [-0.1, -0.05) is 54.1 Å². The molecule has 0 aliphatic heterocycles. The van der Waals surface area contributed by atoms with Gasteiger partial charge in [-0.2, -0.15) is 5.10 Å². The summed E-state index contributed by atoms with van der Waals surface area (Å²) in [4.78, 5) is 24.2. The lowest BCUT2D eigenvalue weighted by atomic mass is 10.1. The molecule has 144 valence electrons. The van der Waals surface area contributed by atoms with Gasteiger partial charge >= 0.3 is 11.9 Å². The van der Waals surface area contributed by atoms with Gasteiger partial charge in [0.2, 0.25) is 0 Å². The normalized spacial score (nSPS) is 10.5. The smallest absolute Gasteiger partial charge is 0.343 e. The molecule has 0 saturated heterocycles. The second kappa shape index (κ2) is 8.71. The summed E-state index contributed by atoms with van der Waals surface area (Å²) >= 11 is 6.38. The van der Waals surface area contributed by atoms with Crippen LogP contribution in [-0.2, 0) is 22.6 Å². The van der Waals surface area contributed by atoms with E-state index in [1.807, 2.05) is 30.3 Å². The molecule has 0 saturated carbocycles. The van der Waals surface area contributed by atoms with Gasteiger partial charge in [0, 0.05) is 0 Å². The maximum absolute atomic E-state index is 12.5. The zero-order valence-electron chi connectivity index (χ0n) is 15.5. The summed E-state index contributed by atoms with van der Waals surface area (Å²) in [5.74, 6) is -1.01. The number of carbonyl (C=O) groups is 2. The molecule has 0 spiro atoms. The molecule has 0 radical (unpaired) electrons. The summed E-state index contributed by atoms with van der Waals surface area (Å²) in [6, 6.07) is 16.4. The molecule has 0 unspecified atom stereocenters. The summed E-state index contributed by atoms with van der Waals surface area (Å²) in [5, 5.41) is 4.58. The number of carbonyl (C=O) groups excluding carboxylic acids is 2. The van der Waals surface area contributed by atoms with E-state index in [0.717, 1.165) is 5.56 Å². The Morgan fingerprint density at radius 1 is 1.04 bits per heavy atom. The van der Waals surface area contributed by atoms with E-state index in [1.165, 1.54) is 7.11 Å². The van der Waals surface area contributed by atoms with Crippen LogP contribution in [0, 0.1) is 6.92 Å². The van der Waals surface area contributed by atoms with E-state index in [1.54, 1.807) is 35.9 Å². The SMILES string of the molecule is COC(=O)c1cccc(COC(=O)c2c(C)nn(Cc3ccccc3)c2Cl)c1. The molecule has 28 heavy (non-hydrogen) atoms. The third-order valence-corrected chi connectivity index (χ3v) is 4.55. The average molecular weight is 399 g/mol. The fraction of sp³-hybridized carbons (Fsp3) is 0.190. The molecule has 6 nitrogen and oxygen atoms in total. The lowest BCUT2D eigenvalue weighted by Crippen LogP contribution is -2.08. The largest absolute Gasteiger partial charge is 0.465 e. The molecule has 0 atom stereocenters. The molecule has 0 bridgehead atoms. The van der Waals surface area contributed by atoms with E-state index in [2.05, 4.69) is 5.10 Å². The van der Waals surface area contributed by atoms with Crippen LogP contribution in [0.3, 0.4) is 0 Å². The minimum absolute atomic E-state index is 0.00328. The summed E-state index contributed by atoms with van der Waals surface area (Å²) in [6.07, 6.45) is 0. The van der Waals surface area contributed by atoms with E-state index in [9.17, 15) is 9.59 Å². The van der Waals surface area contributed by atoms with Crippen LogP contribution in [0.1, 0.15) is 37.5 Å². The van der Waals surface area contributed by atoms with Crippen molar-refractivity contribution in [2.75, 3.05) is 7.11 Å². The number of aryl methyl sites for hydroxylation is 1. The van der Waals surface area contributed by atoms with Crippen LogP contribution in [0.5, 0.6) is 0 Å². The van der Waals surface area contributed by atoms with Crippen LogP contribution in [-0.4, -0.2) is 28.8 Å². The number of halogens is 1. The molecular formula is C21H19ClN2O4. The first-order valence-electron chi connectivity index (χ1n) is 8.61.